The summed E-state index contributed by atoms with van der Waals surface area (Å²) in [6.07, 6.45) is 3.09. The van der Waals surface area contributed by atoms with Crippen LogP contribution in [0.5, 0.6) is 0 Å². The van der Waals surface area contributed by atoms with Crippen molar-refractivity contribution in [2.45, 2.75) is 19.1 Å². The van der Waals surface area contributed by atoms with Crippen LogP contribution in [0.15, 0.2) is 140 Å². The Morgan fingerprint density at radius 3 is 1.27 bits per heavy atom. The van der Waals surface area contributed by atoms with Gasteiger partial charge in [-0.1, -0.05) is 73.8 Å². The average Bonchev–Trinajstić information content (AvgIpc) is 3.75. The van der Waals surface area contributed by atoms with E-state index in [-0.39, 0.29) is 12.2 Å². The second-order valence-corrected chi connectivity index (χ2v) is 12.3. The molecule has 0 radical (unpaired) electrons. The fraction of sp³-hybridized carbons (Fsp3) is 0.0857. The molecule has 0 amide bonds. The average molecular weight is 709 g/mol. The number of anilines is 5. The van der Waals surface area contributed by atoms with E-state index >= 15 is 0 Å². The highest BCUT2D eigenvalue weighted by Gasteiger charge is 2.24. The summed E-state index contributed by atoms with van der Waals surface area (Å²) in [5.41, 5.74) is 8.11. The lowest BCUT2D eigenvalue weighted by molar-refractivity contribution is 0.0984. The van der Waals surface area contributed by atoms with Gasteiger partial charge >= 0.3 is 0 Å². The molecule has 0 saturated heterocycles. The summed E-state index contributed by atoms with van der Waals surface area (Å²) >= 11 is 6.95. The Kier molecular flexibility index (Phi) is 8.01. The summed E-state index contributed by atoms with van der Waals surface area (Å²) in [6.45, 7) is 2.10. The molecule has 2 unspecified atom stereocenters. The van der Waals surface area contributed by atoms with E-state index in [0.717, 1.165) is 48.5 Å². The van der Waals surface area contributed by atoms with Gasteiger partial charge in [0, 0.05) is 26.0 Å². The fourth-order valence-corrected chi connectivity index (χ4v) is 5.55. The van der Waals surface area contributed by atoms with Crippen molar-refractivity contribution in [3.63, 3.8) is 0 Å². The minimum Gasteiger partial charge on any atom is -0.311 e. The van der Waals surface area contributed by atoms with Crippen LogP contribution in [0.4, 0.5) is 28.4 Å². The van der Waals surface area contributed by atoms with Crippen LogP contribution in [0.1, 0.15) is 28.9 Å². The Hall–Kier alpha value is -4.28. The highest BCUT2D eigenvalue weighted by molar-refractivity contribution is 9.10. The van der Waals surface area contributed by atoms with E-state index in [1.807, 2.05) is 61.0 Å². The number of benzene rings is 5. The van der Waals surface area contributed by atoms with Gasteiger partial charge in [0.25, 0.3) is 0 Å². The number of hydrogen-bond acceptors (Lipinski definition) is 7. The van der Waals surface area contributed by atoms with Gasteiger partial charge in [-0.15, -0.1) is 10.3 Å². The third kappa shape index (κ3) is 6.05. The lowest BCUT2D eigenvalue weighted by atomic mass is 10.1. The molecule has 9 heteroatoms. The van der Waals surface area contributed by atoms with Gasteiger partial charge in [-0.3, -0.25) is 0 Å². The third-order valence-corrected chi connectivity index (χ3v) is 8.44. The zero-order valence-corrected chi connectivity index (χ0v) is 26.8. The number of rotatable bonds is 7. The molecule has 0 spiro atoms. The summed E-state index contributed by atoms with van der Waals surface area (Å²) in [6, 6.07) is 41.1. The lowest BCUT2D eigenvalue weighted by Crippen LogP contribution is -2.14. The van der Waals surface area contributed by atoms with Crippen LogP contribution < -0.4 is 15.2 Å². The van der Waals surface area contributed by atoms with Gasteiger partial charge in [0.05, 0.1) is 23.8 Å². The highest BCUT2D eigenvalue weighted by Crippen LogP contribution is 2.37. The minimum atomic E-state index is -0.273. The van der Waals surface area contributed by atoms with Crippen molar-refractivity contribution in [2.75, 3.05) is 15.2 Å². The van der Waals surface area contributed by atoms with Crippen LogP contribution in [0.25, 0.3) is 0 Å². The molecule has 0 N–H and O–H groups in total. The van der Waals surface area contributed by atoms with E-state index in [4.69, 9.17) is 9.68 Å². The maximum Gasteiger partial charge on any atom is 0.150 e. The predicted octanol–water partition coefficient (Wildman–Crippen LogP) is 9.95. The third-order valence-electron chi connectivity index (χ3n) is 7.39. The van der Waals surface area contributed by atoms with E-state index in [1.165, 1.54) is 5.56 Å². The number of hydrogen-bond donors (Lipinski definition) is 0. The minimum absolute atomic E-state index is 0.273. The molecule has 0 aliphatic carbocycles. The molecule has 0 saturated carbocycles. The van der Waals surface area contributed by atoms with Gasteiger partial charge in [0.15, 0.2) is 0 Å². The van der Waals surface area contributed by atoms with Crippen LogP contribution in [0, 0.1) is 6.92 Å². The molecule has 218 valence electrons. The zero-order chi connectivity index (χ0) is 30.0. The first-order valence-electron chi connectivity index (χ1n) is 14.1. The quantitative estimate of drug-likeness (QED) is 0.169. The maximum atomic E-state index is 6.11. The molecule has 2 aliphatic rings. The van der Waals surface area contributed by atoms with E-state index < -0.39 is 0 Å². The molecule has 7 rings (SSSR count). The standard InChI is InChI=1S/C35H27Br2N5O2/c1-24-2-12-29(13-3-24)40(30-14-4-25(5-15-30)34-22-38-41(43-34)32-18-8-27(36)9-19-32)31-16-6-26(7-17-31)35-23-39-42(44-35)33-20-10-28(37)11-21-33/h2-23,34-35H,1H3. The van der Waals surface area contributed by atoms with Crippen molar-refractivity contribution in [3.8, 4) is 0 Å². The topological polar surface area (TPSA) is 52.9 Å². The van der Waals surface area contributed by atoms with Crippen molar-refractivity contribution >= 4 is 72.7 Å². The molecular weight excluding hydrogens is 682 g/mol. The molecule has 0 aromatic heterocycles. The smallest absolute Gasteiger partial charge is 0.150 e. The first-order chi connectivity index (χ1) is 21.5. The molecular formula is C35H27Br2N5O2. The Bertz CT molecular complexity index is 1680. The molecule has 0 bridgehead atoms. The van der Waals surface area contributed by atoms with E-state index in [1.54, 1.807) is 10.3 Å². The monoisotopic (exact) mass is 707 g/mol. The zero-order valence-electron chi connectivity index (χ0n) is 23.7. The Labute approximate surface area is 272 Å². The predicted molar refractivity (Wildman–Crippen MR) is 184 cm³/mol. The first-order valence-corrected chi connectivity index (χ1v) is 15.7. The Morgan fingerprint density at radius 2 is 0.886 bits per heavy atom. The SMILES string of the molecule is Cc1ccc(N(c2ccc(C3C=NN(c4ccc(Br)cc4)O3)cc2)c2ccc(C3C=NN(c4ccc(Br)cc4)O3)cc2)cc1. The van der Waals surface area contributed by atoms with Gasteiger partial charge in [-0.25, -0.2) is 9.68 Å². The summed E-state index contributed by atoms with van der Waals surface area (Å²) in [4.78, 5) is 14.5. The number of hydrazone groups is 2. The van der Waals surface area contributed by atoms with Crippen LogP contribution in [-0.2, 0) is 9.68 Å². The van der Waals surface area contributed by atoms with E-state index in [0.29, 0.717) is 0 Å². The second kappa shape index (κ2) is 12.4. The van der Waals surface area contributed by atoms with Crippen LogP contribution in [-0.4, -0.2) is 12.4 Å². The van der Waals surface area contributed by atoms with Crippen LogP contribution >= 0.6 is 31.9 Å². The van der Waals surface area contributed by atoms with Crippen molar-refractivity contribution in [2.24, 2.45) is 10.2 Å². The van der Waals surface area contributed by atoms with Crippen molar-refractivity contribution in [1.82, 2.24) is 0 Å². The van der Waals surface area contributed by atoms with Crippen molar-refractivity contribution < 1.29 is 9.68 Å². The summed E-state index contributed by atoms with van der Waals surface area (Å²) in [7, 11) is 0. The van der Waals surface area contributed by atoms with Crippen molar-refractivity contribution in [1.29, 1.82) is 0 Å². The molecule has 7 nitrogen and oxygen atoms in total. The van der Waals surface area contributed by atoms with Gasteiger partial charge < -0.3 is 4.90 Å². The van der Waals surface area contributed by atoms with E-state index in [2.05, 4.69) is 127 Å². The highest BCUT2D eigenvalue weighted by atomic mass is 79.9. The molecule has 2 heterocycles. The molecule has 5 aromatic rings. The fourth-order valence-electron chi connectivity index (χ4n) is 5.02. The number of aryl methyl sites for hydroxylation is 1. The first kappa shape index (κ1) is 28.5. The maximum absolute atomic E-state index is 6.11. The van der Waals surface area contributed by atoms with Crippen LogP contribution in [0.3, 0.4) is 0 Å². The lowest BCUT2D eigenvalue weighted by Gasteiger charge is -2.26. The molecule has 0 fully saturated rings. The van der Waals surface area contributed by atoms with E-state index in [9.17, 15) is 0 Å². The normalized spacial score (nSPS) is 17.4. The largest absolute Gasteiger partial charge is 0.311 e. The molecule has 2 atom stereocenters. The number of halogens is 2. The van der Waals surface area contributed by atoms with Gasteiger partial charge in [0.2, 0.25) is 0 Å². The summed E-state index contributed by atoms with van der Waals surface area (Å²) < 4.78 is 2.02. The second-order valence-electron chi connectivity index (χ2n) is 10.4. The van der Waals surface area contributed by atoms with Gasteiger partial charge in [0.1, 0.15) is 12.2 Å². The van der Waals surface area contributed by atoms with Gasteiger partial charge in [-0.05, 0) is 103 Å². The molecule has 2 aliphatic heterocycles. The summed E-state index contributed by atoms with van der Waals surface area (Å²) in [5.74, 6) is 0. The van der Waals surface area contributed by atoms with Crippen molar-refractivity contribution in [3.05, 3.63) is 147 Å². The Morgan fingerprint density at radius 1 is 0.523 bits per heavy atom. The molecule has 44 heavy (non-hydrogen) atoms. The molecule has 5 aromatic carbocycles. The Balaban J connectivity index is 1.10. The number of nitrogens with zero attached hydrogens (tertiary/aromatic N) is 5. The van der Waals surface area contributed by atoms with Crippen LogP contribution in [0.2, 0.25) is 0 Å². The van der Waals surface area contributed by atoms with Gasteiger partial charge in [-0.2, -0.15) is 10.2 Å². The summed E-state index contributed by atoms with van der Waals surface area (Å²) in [5, 5.41) is 12.0.